The molecule has 1 aliphatic heterocycles. The van der Waals surface area contributed by atoms with E-state index >= 15 is 0 Å². The third-order valence-electron chi connectivity index (χ3n) is 3.39. The van der Waals surface area contributed by atoms with E-state index in [9.17, 15) is 0 Å². The van der Waals surface area contributed by atoms with Crippen molar-refractivity contribution in [3.8, 4) is 0 Å². The van der Waals surface area contributed by atoms with Gasteiger partial charge in [0.2, 0.25) is 0 Å². The van der Waals surface area contributed by atoms with Crippen molar-refractivity contribution in [2.24, 2.45) is 0 Å². The highest BCUT2D eigenvalue weighted by Crippen LogP contribution is 2.29. The summed E-state index contributed by atoms with van der Waals surface area (Å²) in [7, 11) is 0. The molecule has 0 amide bonds. The van der Waals surface area contributed by atoms with E-state index in [0.29, 0.717) is 18.1 Å². The number of hydrogen-bond acceptors (Lipinski definition) is 2. The maximum absolute atomic E-state index is 2.64. The Bertz CT molecular complexity index is 193. The van der Waals surface area contributed by atoms with Gasteiger partial charge in [-0.05, 0) is 47.9 Å². The topological polar surface area (TPSA) is 6.48 Å². The summed E-state index contributed by atoms with van der Waals surface area (Å²) in [5, 5.41) is 0. The zero-order valence-corrected chi connectivity index (χ0v) is 11.6. The summed E-state index contributed by atoms with van der Waals surface area (Å²) >= 11 is 0. The molecule has 0 aromatic rings. The molecular weight excluding hydrogens is 183 g/mol. The highest BCUT2D eigenvalue weighted by molar-refractivity contribution is 6.53. The standard InChI is InChI=1S/C12H27BN2/c1-8-13-14(11(2,3)4)9-10-15(13)12(5,6)7/h8-10H2,1-7H3. The summed E-state index contributed by atoms with van der Waals surface area (Å²) in [6, 6.07) is 0. The molecular formula is C12H27BN2. The largest absolute Gasteiger partial charge is 0.322 e. The first kappa shape index (κ1) is 13.1. The molecule has 3 heteroatoms. The Kier molecular flexibility index (Phi) is 3.57. The molecule has 0 radical (unpaired) electrons. The van der Waals surface area contributed by atoms with Crippen molar-refractivity contribution in [1.29, 1.82) is 0 Å². The normalized spacial score (nSPS) is 21.4. The third kappa shape index (κ3) is 2.76. The second-order valence-corrected chi connectivity index (χ2v) is 6.62. The highest BCUT2D eigenvalue weighted by Gasteiger charge is 2.44. The van der Waals surface area contributed by atoms with Crippen molar-refractivity contribution >= 4 is 6.98 Å². The number of rotatable bonds is 1. The van der Waals surface area contributed by atoms with Crippen LogP contribution in [-0.2, 0) is 0 Å². The highest BCUT2D eigenvalue weighted by atomic mass is 15.3. The lowest BCUT2D eigenvalue weighted by atomic mass is 9.66. The Hall–Kier alpha value is -0.0151. The van der Waals surface area contributed by atoms with Gasteiger partial charge in [0, 0.05) is 24.2 Å². The fourth-order valence-corrected chi connectivity index (χ4v) is 2.69. The van der Waals surface area contributed by atoms with Crippen molar-refractivity contribution in [2.45, 2.75) is 65.9 Å². The molecule has 0 bridgehead atoms. The summed E-state index contributed by atoms with van der Waals surface area (Å²) in [5.74, 6) is 0. The summed E-state index contributed by atoms with van der Waals surface area (Å²) in [6.45, 7) is 19.3. The van der Waals surface area contributed by atoms with Gasteiger partial charge in [-0.1, -0.05) is 6.92 Å². The van der Waals surface area contributed by atoms with Crippen LogP contribution in [0.2, 0.25) is 6.32 Å². The quantitative estimate of drug-likeness (QED) is 0.614. The van der Waals surface area contributed by atoms with Crippen LogP contribution in [0.15, 0.2) is 0 Å². The van der Waals surface area contributed by atoms with E-state index in [-0.39, 0.29) is 0 Å². The van der Waals surface area contributed by atoms with Crippen LogP contribution >= 0.6 is 0 Å². The fourth-order valence-electron chi connectivity index (χ4n) is 2.69. The molecule has 0 aromatic heterocycles. The van der Waals surface area contributed by atoms with Crippen LogP contribution in [0.1, 0.15) is 48.5 Å². The Morgan fingerprint density at radius 1 is 0.867 bits per heavy atom. The van der Waals surface area contributed by atoms with E-state index in [1.807, 2.05) is 0 Å². The van der Waals surface area contributed by atoms with E-state index in [2.05, 4.69) is 58.1 Å². The fraction of sp³-hybridized carbons (Fsp3) is 1.00. The molecule has 0 aromatic carbocycles. The van der Waals surface area contributed by atoms with Crippen LogP contribution in [0.25, 0.3) is 0 Å². The van der Waals surface area contributed by atoms with Crippen molar-refractivity contribution in [1.82, 2.24) is 9.62 Å². The van der Waals surface area contributed by atoms with Gasteiger partial charge in [-0.15, -0.1) is 0 Å². The molecule has 0 unspecified atom stereocenters. The lowest BCUT2D eigenvalue weighted by Gasteiger charge is -2.40. The maximum atomic E-state index is 2.64. The number of hydrogen-bond donors (Lipinski definition) is 0. The first-order valence-corrected chi connectivity index (χ1v) is 6.21. The van der Waals surface area contributed by atoms with E-state index < -0.39 is 0 Å². The second-order valence-electron chi connectivity index (χ2n) is 6.62. The Labute approximate surface area is 96.1 Å². The second kappa shape index (κ2) is 4.10. The van der Waals surface area contributed by atoms with Crippen molar-refractivity contribution in [3.05, 3.63) is 0 Å². The summed E-state index contributed by atoms with van der Waals surface area (Å²) < 4.78 is 0. The van der Waals surface area contributed by atoms with Gasteiger partial charge in [-0.25, -0.2) is 0 Å². The van der Waals surface area contributed by atoms with Gasteiger partial charge in [-0.2, -0.15) is 0 Å². The van der Waals surface area contributed by atoms with Crippen LogP contribution in [0, 0.1) is 0 Å². The molecule has 1 aliphatic rings. The Morgan fingerprint density at radius 3 is 1.40 bits per heavy atom. The molecule has 2 nitrogen and oxygen atoms in total. The van der Waals surface area contributed by atoms with Gasteiger partial charge >= 0.3 is 6.98 Å². The Morgan fingerprint density at radius 2 is 1.20 bits per heavy atom. The molecule has 88 valence electrons. The Balaban J connectivity index is 2.83. The predicted molar refractivity (Wildman–Crippen MR) is 69.2 cm³/mol. The minimum absolute atomic E-state index is 0.292. The van der Waals surface area contributed by atoms with Crippen molar-refractivity contribution < 1.29 is 0 Å². The molecule has 0 aliphatic carbocycles. The van der Waals surface area contributed by atoms with Gasteiger partial charge in [0.05, 0.1) is 0 Å². The molecule has 1 heterocycles. The monoisotopic (exact) mass is 210 g/mol. The zero-order chi connectivity index (χ0) is 11.9. The van der Waals surface area contributed by atoms with Gasteiger partial charge in [-0.3, -0.25) is 0 Å². The summed E-state index contributed by atoms with van der Waals surface area (Å²) in [5.41, 5.74) is 0.585. The molecule has 1 fully saturated rings. The van der Waals surface area contributed by atoms with Crippen molar-refractivity contribution in [2.75, 3.05) is 13.1 Å². The minimum Gasteiger partial charge on any atom is -0.322 e. The summed E-state index contributed by atoms with van der Waals surface area (Å²) in [6.07, 6.45) is 1.22. The maximum Gasteiger partial charge on any atom is 0.311 e. The van der Waals surface area contributed by atoms with Crippen LogP contribution in [-0.4, -0.2) is 40.8 Å². The average Bonchev–Trinajstić information content (AvgIpc) is 2.43. The van der Waals surface area contributed by atoms with Crippen LogP contribution < -0.4 is 0 Å². The van der Waals surface area contributed by atoms with Gasteiger partial charge in [0.15, 0.2) is 0 Å². The molecule has 1 saturated heterocycles. The van der Waals surface area contributed by atoms with Gasteiger partial charge in [0.1, 0.15) is 0 Å². The predicted octanol–water partition coefficient (Wildman–Crippen LogP) is 2.71. The molecule has 0 atom stereocenters. The van der Waals surface area contributed by atoms with E-state index in [1.54, 1.807) is 0 Å². The van der Waals surface area contributed by atoms with Crippen molar-refractivity contribution in [3.63, 3.8) is 0 Å². The zero-order valence-electron chi connectivity index (χ0n) is 11.6. The first-order chi connectivity index (χ1) is 6.68. The number of nitrogens with zero attached hydrogens (tertiary/aromatic N) is 2. The van der Waals surface area contributed by atoms with Crippen LogP contribution in [0.5, 0.6) is 0 Å². The molecule has 0 saturated carbocycles. The van der Waals surface area contributed by atoms with E-state index in [1.165, 1.54) is 19.4 Å². The molecule has 1 rings (SSSR count). The molecule has 0 N–H and O–H groups in total. The first-order valence-electron chi connectivity index (χ1n) is 6.21. The molecule has 0 spiro atoms. The lowest BCUT2D eigenvalue weighted by molar-refractivity contribution is 0.266. The average molecular weight is 210 g/mol. The third-order valence-corrected chi connectivity index (χ3v) is 3.39. The van der Waals surface area contributed by atoms with E-state index in [4.69, 9.17) is 0 Å². The van der Waals surface area contributed by atoms with Crippen LogP contribution in [0.3, 0.4) is 0 Å². The van der Waals surface area contributed by atoms with Gasteiger partial charge in [0.25, 0.3) is 0 Å². The summed E-state index contributed by atoms with van der Waals surface area (Å²) in [4.78, 5) is 5.27. The smallest absolute Gasteiger partial charge is 0.311 e. The molecule has 15 heavy (non-hydrogen) atoms. The SMILES string of the molecule is CCB1N(C(C)(C)C)CCN1C(C)(C)C. The van der Waals surface area contributed by atoms with E-state index in [0.717, 1.165) is 0 Å². The lowest BCUT2D eigenvalue weighted by Crippen LogP contribution is -2.56. The van der Waals surface area contributed by atoms with Gasteiger partial charge < -0.3 is 9.62 Å². The minimum atomic E-state index is 0.292. The van der Waals surface area contributed by atoms with Crippen LogP contribution in [0.4, 0.5) is 0 Å².